The van der Waals surface area contributed by atoms with E-state index in [0.717, 1.165) is 17.1 Å². The van der Waals surface area contributed by atoms with E-state index in [4.69, 9.17) is 9.47 Å². The van der Waals surface area contributed by atoms with Crippen molar-refractivity contribution in [2.75, 3.05) is 26.2 Å². The van der Waals surface area contributed by atoms with Gasteiger partial charge in [0.15, 0.2) is 0 Å². The monoisotopic (exact) mass is 271 g/mol. The molecule has 2 atom stereocenters. The quantitative estimate of drug-likeness (QED) is 0.817. The minimum Gasteiger partial charge on any atom is -0.497 e. The van der Waals surface area contributed by atoms with Gasteiger partial charge in [-0.15, -0.1) is 0 Å². The Morgan fingerprint density at radius 2 is 1.78 bits per heavy atom. The average molecular weight is 271 g/mol. The van der Waals surface area contributed by atoms with Crippen molar-refractivity contribution in [3.05, 3.63) is 23.8 Å². The van der Waals surface area contributed by atoms with Crippen LogP contribution < -0.4 is 14.8 Å². The lowest BCUT2D eigenvalue weighted by molar-refractivity contribution is 0.393. The highest BCUT2D eigenvalue weighted by molar-refractivity contribution is 7.84. The number of benzene rings is 1. The predicted molar refractivity (Wildman–Crippen MR) is 74.8 cm³/mol. The molecule has 4 nitrogen and oxygen atoms in total. The van der Waals surface area contributed by atoms with Crippen molar-refractivity contribution < 1.29 is 13.7 Å². The molecule has 1 rings (SSSR count). The molecule has 0 aliphatic carbocycles. The zero-order valence-electron chi connectivity index (χ0n) is 11.4. The number of hydrogen-bond donors (Lipinski definition) is 1. The van der Waals surface area contributed by atoms with E-state index >= 15 is 0 Å². The molecule has 0 aromatic heterocycles. The van der Waals surface area contributed by atoms with Crippen LogP contribution in [0.4, 0.5) is 0 Å². The fourth-order valence-corrected chi connectivity index (χ4v) is 2.49. The van der Waals surface area contributed by atoms with E-state index in [2.05, 4.69) is 5.32 Å². The molecule has 0 saturated heterocycles. The van der Waals surface area contributed by atoms with Crippen molar-refractivity contribution in [1.82, 2.24) is 5.32 Å². The maximum Gasteiger partial charge on any atom is 0.122 e. The maximum atomic E-state index is 11.1. The van der Waals surface area contributed by atoms with Gasteiger partial charge in [0, 0.05) is 41.5 Å². The molecule has 102 valence electrons. The van der Waals surface area contributed by atoms with Gasteiger partial charge in [0.2, 0.25) is 0 Å². The summed E-state index contributed by atoms with van der Waals surface area (Å²) >= 11 is 0. The highest BCUT2D eigenvalue weighted by Crippen LogP contribution is 2.22. The summed E-state index contributed by atoms with van der Waals surface area (Å²) in [5.41, 5.74) is 1.08. The molecule has 0 fully saturated rings. The van der Waals surface area contributed by atoms with Gasteiger partial charge in [0.25, 0.3) is 0 Å². The van der Waals surface area contributed by atoms with E-state index in [1.807, 2.05) is 25.1 Å². The van der Waals surface area contributed by atoms with E-state index in [9.17, 15) is 4.21 Å². The van der Waals surface area contributed by atoms with E-state index in [1.54, 1.807) is 20.5 Å². The second-order valence-corrected chi connectivity index (χ2v) is 5.72. The first-order valence-electron chi connectivity index (χ1n) is 5.80. The Balaban J connectivity index is 2.63. The van der Waals surface area contributed by atoms with Crippen molar-refractivity contribution >= 4 is 10.8 Å². The Hall–Kier alpha value is -1.07. The van der Waals surface area contributed by atoms with Crippen LogP contribution in [0.1, 0.15) is 12.5 Å². The first kappa shape index (κ1) is 15.0. The van der Waals surface area contributed by atoms with Crippen LogP contribution in [-0.4, -0.2) is 36.5 Å². The summed E-state index contributed by atoms with van der Waals surface area (Å²) < 4.78 is 21.5. The second-order valence-electron chi connectivity index (χ2n) is 4.24. The van der Waals surface area contributed by atoms with Crippen LogP contribution in [0, 0.1) is 0 Å². The molecule has 1 aromatic rings. The van der Waals surface area contributed by atoms with Gasteiger partial charge in [-0.2, -0.15) is 0 Å². The summed E-state index contributed by atoms with van der Waals surface area (Å²) in [6.45, 7) is 2.73. The third kappa shape index (κ3) is 5.06. The largest absolute Gasteiger partial charge is 0.497 e. The molecule has 2 unspecified atom stereocenters. The molecule has 0 saturated carbocycles. The minimum absolute atomic E-state index is 0.216. The third-order valence-corrected chi connectivity index (χ3v) is 3.52. The standard InChI is InChI=1S/C13H21NO3S/c1-10(9-18(4)15)14-8-11-5-12(16-2)7-13(6-11)17-3/h5-7,10,14H,8-9H2,1-4H3. The van der Waals surface area contributed by atoms with Crippen LogP contribution in [-0.2, 0) is 17.3 Å². The lowest BCUT2D eigenvalue weighted by atomic mass is 10.2. The van der Waals surface area contributed by atoms with Crippen LogP contribution in [0.3, 0.4) is 0 Å². The Morgan fingerprint density at radius 3 is 2.22 bits per heavy atom. The molecule has 1 N–H and O–H groups in total. The van der Waals surface area contributed by atoms with Gasteiger partial charge in [-0.3, -0.25) is 4.21 Å². The van der Waals surface area contributed by atoms with Crippen molar-refractivity contribution in [3.8, 4) is 11.5 Å². The number of nitrogens with one attached hydrogen (secondary N) is 1. The van der Waals surface area contributed by atoms with Crippen LogP contribution in [0.15, 0.2) is 18.2 Å². The summed E-state index contributed by atoms with van der Waals surface area (Å²) in [7, 11) is 2.49. The normalized spacial score (nSPS) is 14.0. The lowest BCUT2D eigenvalue weighted by Crippen LogP contribution is -2.30. The number of hydrogen-bond acceptors (Lipinski definition) is 4. The zero-order valence-corrected chi connectivity index (χ0v) is 12.2. The highest BCUT2D eigenvalue weighted by atomic mass is 32.2. The van der Waals surface area contributed by atoms with Crippen LogP contribution in [0.25, 0.3) is 0 Å². The minimum atomic E-state index is -0.777. The lowest BCUT2D eigenvalue weighted by Gasteiger charge is -2.13. The van der Waals surface area contributed by atoms with Gasteiger partial charge in [0.1, 0.15) is 11.5 Å². The average Bonchev–Trinajstić information content (AvgIpc) is 2.35. The summed E-state index contributed by atoms with van der Waals surface area (Å²) in [4.78, 5) is 0. The van der Waals surface area contributed by atoms with Crippen LogP contribution in [0.2, 0.25) is 0 Å². The van der Waals surface area contributed by atoms with Crippen LogP contribution in [0.5, 0.6) is 11.5 Å². The molecule has 1 aromatic carbocycles. The molecule has 0 amide bonds. The van der Waals surface area contributed by atoms with E-state index in [0.29, 0.717) is 12.3 Å². The van der Waals surface area contributed by atoms with Crippen molar-refractivity contribution in [3.63, 3.8) is 0 Å². The smallest absolute Gasteiger partial charge is 0.122 e. The molecular formula is C13H21NO3S. The predicted octanol–water partition coefficient (Wildman–Crippen LogP) is 1.56. The number of ether oxygens (including phenoxy) is 2. The second kappa shape index (κ2) is 7.38. The fraction of sp³-hybridized carbons (Fsp3) is 0.538. The van der Waals surface area contributed by atoms with E-state index in [1.165, 1.54) is 0 Å². The molecule has 18 heavy (non-hydrogen) atoms. The molecular weight excluding hydrogens is 250 g/mol. The maximum absolute atomic E-state index is 11.1. The number of methoxy groups -OCH3 is 2. The third-order valence-electron chi connectivity index (χ3n) is 2.55. The Bertz CT molecular complexity index is 387. The van der Waals surface area contributed by atoms with Gasteiger partial charge < -0.3 is 14.8 Å². The molecule has 0 aliphatic rings. The summed E-state index contributed by atoms with van der Waals surface area (Å²) in [5, 5.41) is 3.33. The molecule has 0 spiro atoms. The fourth-order valence-electron chi connectivity index (χ4n) is 1.67. The van der Waals surface area contributed by atoms with E-state index in [-0.39, 0.29) is 6.04 Å². The van der Waals surface area contributed by atoms with E-state index < -0.39 is 10.8 Å². The zero-order chi connectivity index (χ0) is 13.5. The van der Waals surface area contributed by atoms with Gasteiger partial charge in [-0.05, 0) is 24.6 Å². The van der Waals surface area contributed by atoms with Crippen LogP contribution >= 0.6 is 0 Å². The molecule has 0 heterocycles. The highest BCUT2D eigenvalue weighted by Gasteiger charge is 2.06. The van der Waals surface area contributed by atoms with Crippen molar-refractivity contribution in [1.29, 1.82) is 0 Å². The topological polar surface area (TPSA) is 47.6 Å². The SMILES string of the molecule is COc1cc(CNC(C)CS(C)=O)cc(OC)c1. The summed E-state index contributed by atoms with van der Waals surface area (Å²) in [5.74, 6) is 2.21. The molecule has 0 aliphatic heterocycles. The van der Waals surface area contributed by atoms with Gasteiger partial charge in [-0.25, -0.2) is 0 Å². The first-order chi connectivity index (χ1) is 8.55. The Morgan fingerprint density at radius 1 is 1.22 bits per heavy atom. The molecule has 0 bridgehead atoms. The number of rotatable bonds is 7. The Labute approximate surface area is 111 Å². The summed E-state index contributed by atoms with van der Waals surface area (Å²) in [6, 6.07) is 5.98. The molecule has 5 heteroatoms. The first-order valence-corrected chi connectivity index (χ1v) is 7.53. The van der Waals surface area contributed by atoms with Gasteiger partial charge in [-0.1, -0.05) is 0 Å². The molecule has 0 radical (unpaired) electrons. The van der Waals surface area contributed by atoms with Crippen molar-refractivity contribution in [2.45, 2.75) is 19.5 Å². The summed E-state index contributed by atoms with van der Waals surface area (Å²) in [6.07, 6.45) is 1.72. The van der Waals surface area contributed by atoms with Gasteiger partial charge >= 0.3 is 0 Å². The van der Waals surface area contributed by atoms with Gasteiger partial charge in [0.05, 0.1) is 14.2 Å². The Kier molecular flexibility index (Phi) is 6.15. The van der Waals surface area contributed by atoms with Crippen molar-refractivity contribution in [2.24, 2.45) is 0 Å².